The summed E-state index contributed by atoms with van der Waals surface area (Å²) in [4.78, 5) is 2.48. The third-order valence-corrected chi connectivity index (χ3v) is 4.04. The highest BCUT2D eigenvalue weighted by Crippen LogP contribution is 2.25. The lowest BCUT2D eigenvalue weighted by Gasteiger charge is -2.16. The van der Waals surface area contributed by atoms with E-state index in [-0.39, 0.29) is 0 Å². The molecule has 2 aliphatic rings. The minimum atomic E-state index is 0.452. The standard InChI is InChI=1S/C14H24N4/c1-11(2)18-10-14(8-16-18)17-6-5-12(9-17)7-15-13-3-4-13/h8,10-13,15H,3-7,9H2,1-2H3. The molecule has 1 aromatic heterocycles. The second-order valence-corrected chi connectivity index (χ2v) is 6.06. The number of rotatable bonds is 5. The fraction of sp³-hybridized carbons (Fsp3) is 0.786. The zero-order valence-electron chi connectivity index (χ0n) is 11.5. The smallest absolute Gasteiger partial charge is 0.0752 e. The lowest BCUT2D eigenvalue weighted by molar-refractivity contribution is 0.515. The SMILES string of the molecule is CC(C)n1cc(N2CCC(CNC3CC3)C2)cn1. The summed E-state index contributed by atoms with van der Waals surface area (Å²) in [6.45, 7) is 7.90. The Labute approximate surface area is 109 Å². The van der Waals surface area contributed by atoms with E-state index >= 15 is 0 Å². The lowest BCUT2D eigenvalue weighted by Crippen LogP contribution is -2.27. The molecule has 4 heteroatoms. The third kappa shape index (κ3) is 2.69. The van der Waals surface area contributed by atoms with Gasteiger partial charge in [0, 0.05) is 31.4 Å². The van der Waals surface area contributed by atoms with Crippen LogP contribution < -0.4 is 10.2 Å². The maximum absolute atomic E-state index is 4.43. The predicted octanol–water partition coefficient (Wildman–Crippen LogP) is 2.04. The molecule has 2 fully saturated rings. The van der Waals surface area contributed by atoms with Crippen LogP contribution in [0.25, 0.3) is 0 Å². The molecule has 1 aliphatic heterocycles. The van der Waals surface area contributed by atoms with Crippen LogP contribution in [-0.2, 0) is 0 Å². The van der Waals surface area contributed by atoms with Crippen molar-refractivity contribution in [2.24, 2.45) is 5.92 Å². The van der Waals surface area contributed by atoms with Crippen molar-refractivity contribution in [1.29, 1.82) is 0 Å². The highest BCUT2D eigenvalue weighted by atomic mass is 15.3. The molecule has 1 saturated heterocycles. The van der Waals surface area contributed by atoms with E-state index in [1.165, 1.54) is 44.6 Å². The van der Waals surface area contributed by atoms with E-state index in [4.69, 9.17) is 0 Å². The molecule has 1 saturated carbocycles. The van der Waals surface area contributed by atoms with Gasteiger partial charge in [-0.2, -0.15) is 5.10 Å². The summed E-state index contributed by atoms with van der Waals surface area (Å²) >= 11 is 0. The molecular weight excluding hydrogens is 224 g/mol. The Balaban J connectivity index is 1.53. The first-order valence-corrected chi connectivity index (χ1v) is 7.25. The van der Waals surface area contributed by atoms with E-state index in [2.05, 4.69) is 35.4 Å². The highest BCUT2D eigenvalue weighted by molar-refractivity contribution is 5.43. The highest BCUT2D eigenvalue weighted by Gasteiger charge is 2.26. The van der Waals surface area contributed by atoms with Crippen molar-refractivity contribution in [3.8, 4) is 0 Å². The van der Waals surface area contributed by atoms with Gasteiger partial charge < -0.3 is 10.2 Å². The van der Waals surface area contributed by atoms with Crippen LogP contribution in [0.5, 0.6) is 0 Å². The summed E-state index contributed by atoms with van der Waals surface area (Å²) in [5.41, 5.74) is 1.29. The monoisotopic (exact) mass is 248 g/mol. The first kappa shape index (κ1) is 12.0. The third-order valence-electron chi connectivity index (χ3n) is 4.04. The minimum absolute atomic E-state index is 0.452. The summed E-state index contributed by atoms with van der Waals surface area (Å²) in [5.74, 6) is 0.813. The number of anilines is 1. The van der Waals surface area contributed by atoms with Gasteiger partial charge in [0.1, 0.15) is 0 Å². The van der Waals surface area contributed by atoms with Crippen LogP contribution in [0.15, 0.2) is 12.4 Å². The van der Waals surface area contributed by atoms with Crippen molar-refractivity contribution in [1.82, 2.24) is 15.1 Å². The van der Waals surface area contributed by atoms with Gasteiger partial charge in [0.2, 0.25) is 0 Å². The fourth-order valence-corrected chi connectivity index (χ4v) is 2.63. The van der Waals surface area contributed by atoms with Gasteiger partial charge >= 0.3 is 0 Å². The first-order valence-electron chi connectivity index (χ1n) is 7.25. The molecule has 0 radical (unpaired) electrons. The van der Waals surface area contributed by atoms with Gasteiger partial charge in [-0.1, -0.05) is 0 Å². The summed E-state index contributed by atoms with van der Waals surface area (Å²) < 4.78 is 2.05. The summed E-state index contributed by atoms with van der Waals surface area (Å²) in [7, 11) is 0. The van der Waals surface area contributed by atoms with Crippen molar-refractivity contribution in [2.75, 3.05) is 24.5 Å². The molecule has 18 heavy (non-hydrogen) atoms. The Kier molecular flexibility index (Phi) is 3.29. The molecule has 1 aromatic rings. The Morgan fingerprint density at radius 1 is 1.39 bits per heavy atom. The fourth-order valence-electron chi connectivity index (χ4n) is 2.63. The minimum Gasteiger partial charge on any atom is -0.369 e. The van der Waals surface area contributed by atoms with Gasteiger partial charge in [-0.3, -0.25) is 4.68 Å². The average Bonchev–Trinajstić information content (AvgIpc) is 2.88. The Morgan fingerprint density at radius 3 is 2.89 bits per heavy atom. The zero-order valence-corrected chi connectivity index (χ0v) is 11.5. The molecule has 0 spiro atoms. The van der Waals surface area contributed by atoms with E-state index in [0.717, 1.165) is 12.0 Å². The van der Waals surface area contributed by atoms with Gasteiger partial charge in [-0.25, -0.2) is 0 Å². The van der Waals surface area contributed by atoms with Crippen molar-refractivity contribution in [2.45, 2.75) is 45.2 Å². The van der Waals surface area contributed by atoms with Gasteiger partial charge in [-0.15, -0.1) is 0 Å². The summed E-state index contributed by atoms with van der Waals surface area (Å²) in [6, 6.07) is 1.29. The molecule has 1 aliphatic carbocycles. The maximum Gasteiger partial charge on any atom is 0.0752 e. The van der Waals surface area contributed by atoms with E-state index in [1.807, 2.05) is 10.9 Å². The van der Waals surface area contributed by atoms with E-state index in [1.54, 1.807) is 0 Å². The topological polar surface area (TPSA) is 33.1 Å². The van der Waals surface area contributed by atoms with Crippen LogP contribution in [0.2, 0.25) is 0 Å². The number of hydrogen-bond donors (Lipinski definition) is 1. The Bertz CT molecular complexity index is 394. The van der Waals surface area contributed by atoms with Crippen molar-refractivity contribution >= 4 is 5.69 Å². The van der Waals surface area contributed by atoms with E-state index in [9.17, 15) is 0 Å². The number of hydrogen-bond acceptors (Lipinski definition) is 3. The van der Waals surface area contributed by atoms with Crippen LogP contribution in [-0.4, -0.2) is 35.5 Å². The number of aromatic nitrogens is 2. The molecular formula is C14H24N4. The van der Waals surface area contributed by atoms with Gasteiger partial charge in [-0.05, 0) is 45.6 Å². The second-order valence-electron chi connectivity index (χ2n) is 6.06. The normalized spacial score (nSPS) is 24.2. The molecule has 0 bridgehead atoms. The largest absolute Gasteiger partial charge is 0.369 e. The molecule has 3 rings (SSSR count). The summed E-state index contributed by atoms with van der Waals surface area (Å²) in [5, 5.41) is 8.08. The van der Waals surface area contributed by atoms with Crippen LogP contribution in [0.3, 0.4) is 0 Å². The van der Waals surface area contributed by atoms with Gasteiger partial charge in [0.15, 0.2) is 0 Å². The molecule has 0 amide bonds. The molecule has 1 N–H and O–H groups in total. The van der Waals surface area contributed by atoms with Crippen LogP contribution >= 0.6 is 0 Å². The zero-order chi connectivity index (χ0) is 12.5. The quantitative estimate of drug-likeness (QED) is 0.865. The molecule has 100 valence electrons. The van der Waals surface area contributed by atoms with E-state index in [0.29, 0.717) is 6.04 Å². The van der Waals surface area contributed by atoms with Crippen molar-refractivity contribution in [3.05, 3.63) is 12.4 Å². The molecule has 0 aromatic carbocycles. The first-order chi connectivity index (χ1) is 8.72. The summed E-state index contributed by atoms with van der Waals surface area (Å²) in [6.07, 6.45) is 8.28. The molecule has 1 atom stereocenters. The Morgan fingerprint density at radius 2 is 2.22 bits per heavy atom. The lowest BCUT2D eigenvalue weighted by atomic mass is 10.1. The average molecular weight is 248 g/mol. The van der Waals surface area contributed by atoms with Crippen LogP contribution in [0.1, 0.15) is 39.2 Å². The number of nitrogens with one attached hydrogen (secondary N) is 1. The Hall–Kier alpha value is -1.03. The second kappa shape index (κ2) is 4.92. The maximum atomic E-state index is 4.43. The van der Waals surface area contributed by atoms with Crippen LogP contribution in [0, 0.1) is 5.92 Å². The van der Waals surface area contributed by atoms with E-state index < -0.39 is 0 Å². The van der Waals surface area contributed by atoms with Crippen molar-refractivity contribution < 1.29 is 0 Å². The van der Waals surface area contributed by atoms with Gasteiger partial charge in [0.25, 0.3) is 0 Å². The molecule has 4 nitrogen and oxygen atoms in total. The van der Waals surface area contributed by atoms with Crippen molar-refractivity contribution in [3.63, 3.8) is 0 Å². The van der Waals surface area contributed by atoms with Crippen LogP contribution in [0.4, 0.5) is 5.69 Å². The predicted molar refractivity (Wildman–Crippen MR) is 74.0 cm³/mol. The van der Waals surface area contributed by atoms with Gasteiger partial charge in [0.05, 0.1) is 11.9 Å². The molecule has 1 unspecified atom stereocenters. The molecule has 2 heterocycles. The number of nitrogens with zero attached hydrogens (tertiary/aromatic N) is 3.